The summed E-state index contributed by atoms with van der Waals surface area (Å²) in [7, 11) is 0. The fourth-order valence-electron chi connectivity index (χ4n) is 2.78. The molecule has 0 amide bonds. The molecule has 0 saturated heterocycles. The first-order chi connectivity index (χ1) is 13.5. The monoisotopic (exact) mass is 369 g/mol. The second-order valence-electron chi connectivity index (χ2n) is 6.38. The van der Waals surface area contributed by atoms with Crippen molar-refractivity contribution in [1.29, 1.82) is 0 Å². The molecule has 0 fully saturated rings. The Morgan fingerprint density at radius 2 is 1.64 bits per heavy atom. The predicted molar refractivity (Wildman–Crippen MR) is 122 cm³/mol. The third-order valence-electron chi connectivity index (χ3n) is 4.21. The van der Waals surface area contributed by atoms with Crippen molar-refractivity contribution in [2.24, 2.45) is 15.7 Å². The molecular weight excluding hydrogens is 342 g/mol. The van der Waals surface area contributed by atoms with E-state index < -0.39 is 0 Å². The number of nitrogens with two attached hydrogens (primary N) is 1. The normalized spacial score (nSPS) is 13.4. The van der Waals surface area contributed by atoms with Gasteiger partial charge in [0.1, 0.15) is 5.84 Å². The number of hydrogen-bond acceptors (Lipinski definition) is 1. The van der Waals surface area contributed by atoms with Crippen LogP contribution in [0.2, 0.25) is 0 Å². The van der Waals surface area contributed by atoms with Crippen LogP contribution < -0.4 is 5.73 Å². The molecule has 0 aliphatic rings. The quantitative estimate of drug-likeness (QED) is 0.394. The van der Waals surface area contributed by atoms with Gasteiger partial charge in [0.05, 0.1) is 5.70 Å². The standard InChI is InChI=1S/C25H27N3/c1-6-13-23(21(7-2)18(3)4)27-25(22-17-12-11-14-19(22)5)28-24(26)20-15-9-8-10-16-20/h6-17H,1,3H2,2,4-5H3,(H2,26,27,28)/b21-7-,23-13+. The topological polar surface area (TPSA) is 50.7 Å². The van der Waals surface area contributed by atoms with E-state index >= 15 is 0 Å². The van der Waals surface area contributed by atoms with Crippen molar-refractivity contribution in [2.45, 2.75) is 20.8 Å². The van der Waals surface area contributed by atoms with Crippen LogP contribution in [0.4, 0.5) is 0 Å². The summed E-state index contributed by atoms with van der Waals surface area (Å²) in [6.07, 6.45) is 5.56. The van der Waals surface area contributed by atoms with E-state index in [9.17, 15) is 0 Å². The Hall–Kier alpha value is -3.46. The zero-order valence-corrected chi connectivity index (χ0v) is 16.8. The van der Waals surface area contributed by atoms with Gasteiger partial charge >= 0.3 is 0 Å². The minimum Gasteiger partial charge on any atom is -0.383 e. The predicted octanol–water partition coefficient (Wildman–Crippen LogP) is 5.74. The van der Waals surface area contributed by atoms with Crippen LogP contribution in [0.1, 0.15) is 30.5 Å². The van der Waals surface area contributed by atoms with E-state index in [0.717, 1.165) is 33.5 Å². The van der Waals surface area contributed by atoms with Gasteiger partial charge in [-0.1, -0.05) is 79.9 Å². The van der Waals surface area contributed by atoms with Gasteiger partial charge in [0.25, 0.3) is 0 Å². The molecule has 142 valence electrons. The summed E-state index contributed by atoms with van der Waals surface area (Å²) in [5.74, 6) is 0.964. The molecule has 2 N–H and O–H groups in total. The molecule has 2 aromatic rings. The number of amidine groups is 2. The molecule has 3 nitrogen and oxygen atoms in total. The van der Waals surface area contributed by atoms with Gasteiger partial charge in [-0.3, -0.25) is 0 Å². The Morgan fingerprint density at radius 3 is 2.21 bits per heavy atom. The van der Waals surface area contributed by atoms with Crippen molar-refractivity contribution >= 4 is 11.7 Å². The summed E-state index contributed by atoms with van der Waals surface area (Å²) < 4.78 is 0. The third-order valence-corrected chi connectivity index (χ3v) is 4.21. The molecule has 0 atom stereocenters. The maximum atomic E-state index is 6.30. The number of aryl methyl sites for hydroxylation is 1. The molecule has 3 heteroatoms. The van der Waals surface area contributed by atoms with Gasteiger partial charge in [0.2, 0.25) is 0 Å². The van der Waals surface area contributed by atoms with Crippen LogP contribution in [-0.2, 0) is 0 Å². The number of allylic oxidation sites excluding steroid dienone is 4. The maximum absolute atomic E-state index is 6.30. The van der Waals surface area contributed by atoms with Gasteiger partial charge in [0, 0.05) is 11.1 Å². The lowest BCUT2D eigenvalue weighted by molar-refractivity contribution is 1.25. The highest BCUT2D eigenvalue weighted by Gasteiger charge is 2.11. The SMILES string of the molecule is C=C/C=C(N=C(N=C(N)c1ccccc1)c1ccccc1C)\C(=C/C)C(=C)C. The van der Waals surface area contributed by atoms with Crippen molar-refractivity contribution < 1.29 is 0 Å². The first-order valence-electron chi connectivity index (χ1n) is 9.17. The first kappa shape index (κ1) is 20.8. The van der Waals surface area contributed by atoms with Crippen molar-refractivity contribution in [3.05, 3.63) is 120 Å². The van der Waals surface area contributed by atoms with Crippen molar-refractivity contribution in [1.82, 2.24) is 0 Å². The van der Waals surface area contributed by atoms with E-state index in [1.165, 1.54) is 0 Å². The summed E-state index contributed by atoms with van der Waals surface area (Å²) in [5, 5.41) is 0. The average molecular weight is 370 g/mol. The van der Waals surface area contributed by atoms with Crippen molar-refractivity contribution in [3.8, 4) is 0 Å². The van der Waals surface area contributed by atoms with Gasteiger partial charge in [0.15, 0.2) is 5.84 Å². The summed E-state index contributed by atoms with van der Waals surface area (Å²) in [6, 6.07) is 17.7. The van der Waals surface area contributed by atoms with E-state index in [0.29, 0.717) is 11.7 Å². The van der Waals surface area contributed by atoms with Crippen LogP contribution in [-0.4, -0.2) is 11.7 Å². The highest BCUT2D eigenvalue weighted by atomic mass is 15.0. The number of rotatable bonds is 6. The van der Waals surface area contributed by atoms with Crippen LogP contribution in [0.5, 0.6) is 0 Å². The minimum atomic E-state index is 0.415. The van der Waals surface area contributed by atoms with Crippen LogP contribution in [0.15, 0.2) is 113 Å². The van der Waals surface area contributed by atoms with E-state index in [1.807, 2.05) is 87.5 Å². The second kappa shape index (κ2) is 10.0. The third kappa shape index (κ3) is 5.27. The van der Waals surface area contributed by atoms with Crippen molar-refractivity contribution in [2.75, 3.05) is 0 Å². The molecule has 0 unspecified atom stereocenters. The number of aliphatic imine (C=N–C) groups is 2. The molecule has 0 saturated carbocycles. The molecular formula is C25H27N3. The highest BCUT2D eigenvalue weighted by Crippen LogP contribution is 2.22. The summed E-state index contributed by atoms with van der Waals surface area (Å²) in [6.45, 7) is 13.8. The number of benzene rings is 2. The van der Waals surface area contributed by atoms with E-state index in [1.54, 1.807) is 6.08 Å². The van der Waals surface area contributed by atoms with Gasteiger partial charge < -0.3 is 5.73 Å². The Bertz CT molecular complexity index is 974. The largest absolute Gasteiger partial charge is 0.383 e. The zero-order valence-electron chi connectivity index (χ0n) is 16.8. The fourth-order valence-corrected chi connectivity index (χ4v) is 2.78. The van der Waals surface area contributed by atoms with E-state index in [2.05, 4.69) is 18.2 Å². The summed E-state index contributed by atoms with van der Waals surface area (Å²) in [4.78, 5) is 9.55. The second-order valence-corrected chi connectivity index (χ2v) is 6.38. The van der Waals surface area contributed by atoms with Crippen LogP contribution >= 0.6 is 0 Å². The summed E-state index contributed by atoms with van der Waals surface area (Å²) in [5.41, 5.74) is 11.8. The minimum absolute atomic E-state index is 0.415. The summed E-state index contributed by atoms with van der Waals surface area (Å²) >= 11 is 0. The lowest BCUT2D eigenvalue weighted by Crippen LogP contribution is -2.17. The van der Waals surface area contributed by atoms with Crippen LogP contribution in [0, 0.1) is 6.92 Å². The van der Waals surface area contributed by atoms with Crippen molar-refractivity contribution in [3.63, 3.8) is 0 Å². The molecule has 2 aromatic carbocycles. The lowest BCUT2D eigenvalue weighted by Gasteiger charge is -2.11. The molecule has 0 aliphatic carbocycles. The lowest BCUT2D eigenvalue weighted by atomic mass is 10.0. The molecule has 0 aliphatic heterocycles. The van der Waals surface area contributed by atoms with Gasteiger partial charge in [-0.25, -0.2) is 9.98 Å². The first-order valence-corrected chi connectivity index (χ1v) is 9.17. The average Bonchev–Trinajstić information content (AvgIpc) is 2.69. The molecule has 0 radical (unpaired) electrons. The highest BCUT2D eigenvalue weighted by molar-refractivity contribution is 6.11. The fraction of sp³-hybridized carbons (Fsp3) is 0.120. The van der Waals surface area contributed by atoms with Gasteiger partial charge in [-0.2, -0.15) is 0 Å². The van der Waals surface area contributed by atoms with E-state index in [4.69, 9.17) is 10.7 Å². The zero-order chi connectivity index (χ0) is 20.5. The molecule has 2 rings (SSSR count). The Balaban J connectivity index is 2.69. The van der Waals surface area contributed by atoms with Crippen LogP contribution in [0.3, 0.4) is 0 Å². The molecule has 0 heterocycles. The Labute approximate surface area is 168 Å². The van der Waals surface area contributed by atoms with Gasteiger partial charge in [-0.05, 0) is 43.6 Å². The molecule has 0 aromatic heterocycles. The van der Waals surface area contributed by atoms with Crippen LogP contribution in [0.25, 0.3) is 0 Å². The van der Waals surface area contributed by atoms with E-state index in [-0.39, 0.29) is 0 Å². The molecule has 0 spiro atoms. The Morgan fingerprint density at radius 1 is 1.00 bits per heavy atom. The Kier molecular flexibility index (Phi) is 7.46. The number of hydrogen-bond donors (Lipinski definition) is 1. The maximum Gasteiger partial charge on any atom is 0.162 e. The molecule has 28 heavy (non-hydrogen) atoms. The number of nitrogens with zero attached hydrogens (tertiary/aromatic N) is 2. The molecule has 0 bridgehead atoms. The van der Waals surface area contributed by atoms with Gasteiger partial charge in [-0.15, -0.1) is 0 Å². The smallest absolute Gasteiger partial charge is 0.162 e.